The highest BCUT2D eigenvalue weighted by Gasteiger charge is 2.23. The van der Waals surface area contributed by atoms with Crippen LogP contribution in [-0.4, -0.2) is 33.9 Å². The first-order chi connectivity index (χ1) is 8.04. The average Bonchev–Trinajstić information content (AvgIpc) is 2.47. The molecule has 1 aliphatic heterocycles. The van der Waals surface area contributed by atoms with Crippen LogP contribution in [0, 0.1) is 0 Å². The molecular formula is C11H12O5S. The summed E-state index contributed by atoms with van der Waals surface area (Å²) in [5, 5.41) is 0. The zero-order valence-electron chi connectivity index (χ0n) is 9.30. The molecule has 92 valence electrons. The largest absolute Gasteiger partial charge is 0.465 e. The highest BCUT2D eigenvalue weighted by Crippen LogP contribution is 2.23. The summed E-state index contributed by atoms with van der Waals surface area (Å²) in [6, 6.07) is 4.48. The number of methoxy groups -OCH3 is 1. The molecule has 1 aromatic rings. The second-order valence-electron chi connectivity index (χ2n) is 3.69. The van der Waals surface area contributed by atoms with E-state index in [9.17, 15) is 13.2 Å². The van der Waals surface area contributed by atoms with Crippen molar-refractivity contribution in [1.29, 1.82) is 0 Å². The van der Waals surface area contributed by atoms with Gasteiger partial charge in [-0.3, -0.25) is 0 Å². The van der Waals surface area contributed by atoms with Crippen LogP contribution in [0.4, 0.5) is 0 Å². The Kier molecular flexibility index (Phi) is 3.17. The van der Waals surface area contributed by atoms with Gasteiger partial charge in [0.2, 0.25) is 0 Å². The fraction of sp³-hybridized carbons (Fsp3) is 0.364. The van der Waals surface area contributed by atoms with Gasteiger partial charge in [-0.1, -0.05) is 6.07 Å². The minimum absolute atomic E-state index is 0.0649. The molecule has 0 aliphatic carbocycles. The van der Waals surface area contributed by atoms with Crippen molar-refractivity contribution in [2.45, 2.75) is 11.5 Å². The SMILES string of the molecule is COC(=O)c1ccc2c(c1)S(=O)(=O)CCOC2. The van der Waals surface area contributed by atoms with Crippen LogP contribution in [0.3, 0.4) is 0 Å². The van der Waals surface area contributed by atoms with Gasteiger partial charge in [0.1, 0.15) is 0 Å². The molecule has 5 nitrogen and oxygen atoms in total. The van der Waals surface area contributed by atoms with E-state index in [0.29, 0.717) is 5.56 Å². The zero-order valence-corrected chi connectivity index (χ0v) is 10.1. The fourth-order valence-corrected chi connectivity index (χ4v) is 3.06. The van der Waals surface area contributed by atoms with Crippen molar-refractivity contribution in [3.05, 3.63) is 29.3 Å². The molecule has 0 fully saturated rings. The van der Waals surface area contributed by atoms with E-state index in [2.05, 4.69) is 4.74 Å². The van der Waals surface area contributed by atoms with E-state index >= 15 is 0 Å². The number of hydrogen-bond donors (Lipinski definition) is 0. The fourth-order valence-electron chi connectivity index (χ4n) is 1.67. The van der Waals surface area contributed by atoms with Crippen molar-refractivity contribution in [2.75, 3.05) is 19.5 Å². The summed E-state index contributed by atoms with van der Waals surface area (Å²) in [5.74, 6) is -0.613. The molecule has 6 heteroatoms. The van der Waals surface area contributed by atoms with Gasteiger partial charge in [-0.2, -0.15) is 0 Å². The van der Waals surface area contributed by atoms with Crippen LogP contribution < -0.4 is 0 Å². The van der Waals surface area contributed by atoms with Gasteiger partial charge in [-0.15, -0.1) is 0 Å². The molecule has 0 amide bonds. The van der Waals surface area contributed by atoms with Crippen molar-refractivity contribution in [3.8, 4) is 0 Å². The zero-order chi connectivity index (χ0) is 12.5. The lowest BCUT2D eigenvalue weighted by molar-refractivity contribution is 0.0600. The van der Waals surface area contributed by atoms with E-state index in [1.165, 1.54) is 19.2 Å². The number of hydrogen-bond acceptors (Lipinski definition) is 5. The van der Waals surface area contributed by atoms with Gasteiger partial charge in [0.05, 0.1) is 36.5 Å². The topological polar surface area (TPSA) is 69.7 Å². The summed E-state index contributed by atoms with van der Waals surface area (Å²) in [6.07, 6.45) is 0. The Morgan fingerprint density at radius 1 is 1.41 bits per heavy atom. The van der Waals surface area contributed by atoms with Crippen LogP contribution in [0.1, 0.15) is 15.9 Å². The van der Waals surface area contributed by atoms with Crippen molar-refractivity contribution < 1.29 is 22.7 Å². The first-order valence-electron chi connectivity index (χ1n) is 5.06. The Bertz CT molecular complexity index is 547. The standard InChI is InChI=1S/C11H12O5S/c1-15-11(12)8-2-3-9-7-16-4-5-17(13,14)10(9)6-8/h2-3,6H,4-5,7H2,1H3. The number of carbonyl (C=O) groups excluding carboxylic acids is 1. The minimum Gasteiger partial charge on any atom is -0.465 e. The van der Waals surface area contributed by atoms with Crippen molar-refractivity contribution in [3.63, 3.8) is 0 Å². The van der Waals surface area contributed by atoms with E-state index in [0.717, 1.165) is 0 Å². The Hall–Kier alpha value is -1.40. The summed E-state index contributed by atoms with van der Waals surface area (Å²) < 4.78 is 33.6. The van der Waals surface area contributed by atoms with Crippen LogP contribution in [0.5, 0.6) is 0 Å². The molecule has 0 radical (unpaired) electrons. The van der Waals surface area contributed by atoms with Gasteiger partial charge < -0.3 is 9.47 Å². The quantitative estimate of drug-likeness (QED) is 0.694. The maximum atomic E-state index is 11.9. The number of rotatable bonds is 1. The number of fused-ring (bicyclic) bond motifs is 1. The van der Waals surface area contributed by atoms with Crippen LogP contribution >= 0.6 is 0 Å². The number of benzene rings is 1. The Balaban J connectivity index is 2.56. The molecule has 0 bridgehead atoms. The lowest BCUT2D eigenvalue weighted by Crippen LogP contribution is -2.10. The van der Waals surface area contributed by atoms with Gasteiger partial charge in [0.15, 0.2) is 9.84 Å². The summed E-state index contributed by atoms with van der Waals surface area (Å²) in [5.41, 5.74) is 0.812. The number of sulfone groups is 1. The van der Waals surface area contributed by atoms with E-state index in [-0.39, 0.29) is 29.4 Å². The molecule has 0 spiro atoms. The van der Waals surface area contributed by atoms with Crippen molar-refractivity contribution in [2.24, 2.45) is 0 Å². The molecular weight excluding hydrogens is 244 g/mol. The van der Waals surface area contributed by atoms with Crippen LogP contribution in [-0.2, 0) is 25.9 Å². The van der Waals surface area contributed by atoms with Crippen molar-refractivity contribution in [1.82, 2.24) is 0 Å². The Morgan fingerprint density at radius 3 is 2.88 bits per heavy atom. The summed E-state index contributed by atoms with van der Waals surface area (Å²) >= 11 is 0. The Labute approximate surface area is 99.3 Å². The van der Waals surface area contributed by atoms with Crippen LogP contribution in [0.25, 0.3) is 0 Å². The van der Waals surface area contributed by atoms with Crippen LogP contribution in [0.2, 0.25) is 0 Å². The molecule has 1 heterocycles. The third-order valence-corrected chi connectivity index (χ3v) is 4.33. The number of esters is 1. The van der Waals surface area contributed by atoms with Gasteiger partial charge >= 0.3 is 5.97 Å². The number of ether oxygens (including phenoxy) is 2. The van der Waals surface area contributed by atoms with Crippen LogP contribution in [0.15, 0.2) is 23.1 Å². The van der Waals surface area contributed by atoms with Gasteiger partial charge in [-0.05, 0) is 17.7 Å². The molecule has 2 rings (SSSR count). The second kappa shape index (κ2) is 4.46. The predicted molar refractivity (Wildman–Crippen MR) is 59.5 cm³/mol. The third kappa shape index (κ3) is 2.32. The van der Waals surface area contributed by atoms with Gasteiger partial charge in [0, 0.05) is 0 Å². The first kappa shape index (κ1) is 12.1. The minimum atomic E-state index is -3.38. The van der Waals surface area contributed by atoms with E-state index in [1.807, 2.05) is 0 Å². The molecule has 0 aromatic heterocycles. The normalized spacial score (nSPS) is 17.9. The molecule has 17 heavy (non-hydrogen) atoms. The summed E-state index contributed by atoms with van der Waals surface area (Å²) in [7, 11) is -2.12. The molecule has 0 atom stereocenters. The average molecular weight is 256 g/mol. The third-order valence-electron chi connectivity index (χ3n) is 2.58. The highest BCUT2D eigenvalue weighted by molar-refractivity contribution is 7.91. The molecule has 1 aliphatic rings. The molecule has 0 saturated heterocycles. The molecule has 1 aromatic carbocycles. The molecule has 0 N–H and O–H groups in total. The first-order valence-corrected chi connectivity index (χ1v) is 6.71. The second-order valence-corrected chi connectivity index (χ2v) is 5.76. The van der Waals surface area contributed by atoms with Gasteiger partial charge in [-0.25, -0.2) is 13.2 Å². The van der Waals surface area contributed by atoms with E-state index in [4.69, 9.17) is 4.74 Å². The summed E-state index contributed by atoms with van der Waals surface area (Å²) in [6.45, 7) is 0.417. The lowest BCUT2D eigenvalue weighted by atomic mass is 10.1. The van der Waals surface area contributed by atoms with Crippen molar-refractivity contribution >= 4 is 15.8 Å². The summed E-state index contributed by atoms with van der Waals surface area (Å²) in [4.78, 5) is 11.5. The Morgan fingerprint density at radius 2 is 2.18 bits per heavy atom. The highest BCUT2D eigenvalue weighted by atomic mass is 32.2. The smallest absolute Gasteiger partial charge is 0.337 e. The number of carbonyl (C=O) groups is 1. The maximum absolute atomic E-state index is 11.9. The monoisotopic (exact) mass is 256 g/mol. The lowest BCUT2D eigenvalue weighted by Gasteiger charge is -2.07. The van der Waals surface area contributed by atoms with E-state index in [1.54, 1.807) is 6.07 Å². The molecule has 0 unspecified atom stereocenters. The van der Waals surface area contributed by atoms with E-state index < -0.39 is 15.8 Å². The molecule has 0 saturated carbocycles. The maximum Gasteiger partial charge on any atom is 0.337 e. The van der Waals surface area contributed by atoms with Gasteiger partial charge in [0.25, 0.3) is 0 Å². The predicted octanol–water partition coefficient (Wildman–Crippen LogP) is 0.777.